The van der Waals surface area contributed by atoms with Crippen molar-refractivity contribution in [3.8, 4) is 5.75 Å². The van der Waals surface area contributed by atoms with Gasteiger partial charge in [0.2, 0.25) is 0 Å². The summed E-state index contributed by atoms with van der Waals surface area (Å²) in [4.78, 5) is 4.41. The molecule has 1 aromatic carbocycles. The van der Waals surface area contributed by atoms with Gasteiger partial charge < -0.3 is 14.6 Å². The molecule has 3 rings (SSSR count). The van der Waals surface area contributed by atoms with E-state index < -0.39 is 0 Å². The lowest BCUT2D eigenvalue weighted by molar-refractivity contribution is 0.181. The van der Waals surface area contributed by atoms with Gasteiger partial charge in [0.1, 0.15) is 18.2 Å². The first-order chi connectivity index (χ1) is 9.35. The molecule has 2 heterocycles. The molecule has 4 nitrogen and oxygen atoms in total. The van der Waals surface area contributed by atoms with Crippen molar-refractivity contribution in [2.24, 2.45) is 0 Å². The lowest BCUT2D eigenvalue weighted by atomic mass is 9.96. The fourth-order valence-corrected chi connectivity index (χ4v) is 2.86. The zero-order valence-corrected chi connectivity index (χ0v) is 11.3. The lowest BCUT2D eigenvalue weighted by Gasteiger charge is -2.34. The largest absolute Gasteiger partial charge is 0.491 e. The van der Waals surface area contributed by atoms with Crippen LogP contribution < -0.4 is 10.1 Å². The fourth-order valence-electron chi connectivity index (χ4n) is 2.86. The molecule has 0 aliphatic carbocycles. The first-order valence-electron chi connectivity index (χ1n) is 6.75. The number of imidazole rings is 1. The molecule has 19 heavy (non-hydrogen) atoms. The van der Waals surface area contributed by atoms with Gasteiger partial charge in [-0.05, 0) is 13.1 Å². The molecule has 0 bridgehead atoms. The van der Waals surface area contributed by atoms with Gasteiger partial charge in [-0.15, -0.1) is 0 Å². The quantitative estimate of drug-likeness (QED) is 0.917. The maximum atomic E-state index is 5.90. The number of para-hydroxylation sites is 1. The summed E-state index contributed by atoms with van der Waals surface area (Å²) in [7, 11) is 2.00. The molecular formula is C15H19N3O. The number of hydrogen-bond acceptors (Lipinski definition) is 3. The molecular weight excluding hydrogens is 238 g/mol. The molecule has 1 aromatic heterocycles. The highest BCUT2D eigenvalue weighted by molar-refractivity contribution is 5.38. The van der Waals surface area contributed by atoms with E-state index in [2.05, 4.69) is 33.9 Å². The Kier molecular flexibility index (Phi) is 3.25. The molecule has 0 spiro atoms. The van der Waals surface area contributed by atoms with Crippen molar-refractivity contribution >= 4 is 0 Å². The van der Waals surface area contributed by atoms with Crippen molar-refractivity contribution in [3.05, 3.63) is 48.0 Å². The highest BCUT2D eigenvalue weighted by Gasteiger charge is 2.31. The fraction of sp³-hybridized carbons (Fsp3) is 0.400. The Bertz CT molecular complexity index is 564. The molecule has 0 saturated carbocycles. The van der Waals surface area contributed by atoms with Crippen molar-refractivity contribution in [1.82, 2.24) is 14.9 Å². The van der Waals surface area contributed by atoms with Crippen molar-refractivity contribution in [3.63, 3.8) is 0 Å². The summed E-state index contributed by atoms with van der Waals surface area (Å²) in [5.74, 6) is 2.09. The molecule has 0 radical (unpaired) electrons. The first-order valence-corrected chi connectivity index (χ1v) is 6.75. The second-order valence-electron chi connectivity index (χ2n) is 4.79. The average Bonchev–Trinajstić information content (AvgIpc) is 2.94. The predicted octanol–water partition coefficient (Wildman–Crippen LogP) is 2.34. The van der Waals surface area contributed by atoms with E-state index in [1.807, 2.05) is 31.6 Å². The number of benzene rings is 1. The zero-order valence-electron chi connectivity index (χ0n) is 11.3. The smallest absolute Gasteiger partial charge is 0.124 e. The summed E-state index contributed by atoms with van der Waals surface area (Å²) in [6.45, 7) is 2.80. The number of fused-ring (bicyclic) bond motifs is 1. The number of nitrogens with zero attached hydrogens (tertiary/aromatic N) is 2. The van der Waals surface area contributed by atoms with Crippen LogP contribution in [0.25, 0.3) is 0 Å². The van der Waals surface area contributed by atoms with Gasteiger partial charge in [0, 0.05) is 24.4 Å². The zero-order chi connectivity index (χ0) is 13.2. The Morgan fingerprint density at radius 3 is 3.05 bits per heavy atom. The second kappa shape index (κ2) is 5.05. The maximum Gasteiger partial charge on any atom is 0.124 e. The van der Waals surface area contributed by atoms with Crippen LogP contribution in [-0.2, 0) is 6.42 Å². The molecule has 2 atom stereocenters. The molecule has 1 aliphatic heterocycles. The highest BCUT2D eigenvalue weighted by atomic mass is 16.5. The normalized spacial score (nSPS) is 21.8. The van der Waals surface area contributed by atoms with Gasteiger partial charge in [-0.2, -0.15) is 0 Å². The van der Waals surface area contributed by atoms with Crippen LogP contribution in [0.2, 0.25) is 0 Å². The number of likely N-dealkylation sites (N-methyl/N-ethyl adjacent to an activating group) is 1. The van der Waals surface area contributed by atoms with E-state index in [0.29, 0.717) is 6.61 Å². The van der Waals surface area contributed by atoms with Crippen molar-refractivity contribution in [1.29, 1.82) is 0 Å². The van der Waals surface area contributed by atoms with Gasteiger partial charge >= 0.3 is 0 Å². The van der Waals surface area contributed by atoms with E-state index in [4.69, 9.17) is 4.74 Å². The summed E-state index contributed by atoms with van der Waals surface area (Å²) in [6, 6.07) is 8.74. The minimum Gasteiger partial charge on any atom is -0.491 e. The van der Waals surface area contributed by atoms with E-state index >= 15 is 0 Å². The van der Waals surface area contributed by atoms with E-state index in [-0.39, 0.29) is 12.1 Å². The van der Waals surface area contributed by atoms with E-state index in [9.17, 15) is 0 Å². The monoisotopic (exact) mass is 257 g/mol. The standard InChI is InChI=1S/C15H19N3O/c1-3-14-17-8-9-18(14)12-10-19-13-7-5-4-6-11(13)15(12)16-2/h4-9,12,15-16H,3,10H2,1-2H3. The van der Waals surface area contributed by atoms with Gasteiger partial charge in [0.05, 0.1) is 12.1 Å². The Labute approximate surface area is 113 Å². The van der Waals surface area contributed by atoms with Gasteiger partial charge in [-0.25, -0.2) is 4.98 Å². The Morgan fingerprint density at radius 2 is 2.26 bits per heavy atom. The predicted molar refractivity (Wildman–Crippen MR) is 74.4 cm³/mol. The third-order valence-corrected chi connectivity index (χ3v) is 3.78. The third-order valence-electron chi connectivity index (χ3n) is 3.78. The number of aromatic nitrogens is 2. The number of nitrogens with one attached hydrogen (secondary N) is 1. The average molecular weight is 257 g/mol. The van der Waals surface area contributed by atoms with Gasteiger partial charge in [-0.3, -0.25) is 0 Å². The second-order valence-corrected chi connectivity index (χ2v) is 4.79. The van der Waals surface area contributed by atoms with Crippen LogP contribution >= 0.6 is 0 Å². The van der Waals surface area contributed by atoms with Crippen molar-refractivity contribution < 1.29 is 4.74 Å². The molecule has 2 unspecified atom stereocenters. The van der Waals surface area contributed by atoms with E-state index in [0.717, 1.165) is 18.0 Å². The Balaban J connectivity index is 2.01. The summed E-state index contributed by atoms with van der Waals surface area (Å²) < 4.78 is 8.14. The molecule has 100 valence electrons. The maximum absolute atomic E-state index is 5.90. The summed E-state index contributed by atoms with van der Waals surface area (Å²) in [5, 5.41) is 3.42. The van der Waals surface area contributed by atoms with Crippen molar-refractivity contribution in [2.75, 3.05) is 13.7 Å². The van der Waals surface area contributed by atoms with Crippen LogP contribution in [0.5, 0.6) is 5.75 Å². The third kappa shape index (κ3) is 2.02. The van der Waals surface area contributed by atoms with Crippen LogP contribution in [0.1, 0.15) is 30.4 Å². The van der Waals surface area contributed by atoms with Crippen molar-refractivity contribution in [2.45, 2.75) is 25.4 Å². The highest BCUT2D eigenvalue weighted by Crippen LogP contribution is 2.37. The molecule has 4 heteroatoms. The first kappa shape index (κ1) is 12.2. The van der Waals surface area contributed by atoms with Gasteiger partial charge in [-0.1, -0.05) is 25.1 Å². The Morgan fingerprint density at radius 1 is 1.42 bits per heavy atom. The van der Waals surface area contributed by atoms with Crippen LogP contribution in [-0.4, -0.2) is 23.2 Å². The lowest BCUT2D eigenvalue weighted by Crippen LogP contribution is -2.36. The summed E-state index contributed by atoms with van der Waals surface area (Å²) in [5.41, 5.74) is 1.22. The minimum atomic E-state index is 0.248. The van der Waals surface area contributed by atoms with Crippen LogP contribution in [0.4, 0.5) is 0 Å². The number of aryl methyl sites for hydroxylation is 1. The number of ether oxygens (including phenoxy) is 1. The van der Waals surface area contributed by atoms with E-state index in [1.165, 1.54) is 5.56 Å². The Hall–Kier alpha value is -1.81. The van der Waals surface area contributed by atoms with Crippen LogP contribution in [0.3, 0.4) is 0 Å². The van der Waals surface area contributed by atoms with Gasteiger partial charge in [0.15, 0.2) is 0 Å². The molecule has 0 amide bonds. The molecule has 1 N–H and O–H groups in total. The topological polar surface area (TPSA) is 39.1 Å². The number of hydrogen-bond donors (Lipinski definition) is 1. The van der Waals surface area contributed by atoms with E-state index in [1.54, 1.807) is 0 Å². The SMILES string of the molecule is CCc1nccn1C1COc2ccccc2C1NC. The van der Waals surface area contributed by atoms with Gasteiger partial charge in [0.25, 0.3) is 0 Å². The molecule has 1 aliphatic rings. The minimum absolute atomic E-state index is 0.248. The molecule has 0 saturated heterocycles. The summed E-state index contributed by atoms with van der Waals surface area (Å²) >= 11 is 0. The molecule has 2 aromatic rings. The molecule has 0 fully saturated rings. The number of rotatable bonds is 3. The summed E-state index contributed by atoms with van der Waals surface area (Å²) in [6.07, 6.45) is 4.85. The van der Waals surface area contributed by atoms with Crippen LogP contribution in [0, 0.1) is 0 Å². The van der Waals surface area contributed by atoms with Crippen LogP contribution in [0.15, 0.2) is 36.7 Å².